The first-order valence-electron chi connectivity index (χ1n) is 9.43. The number of aliphatic hydroxyl groups is 4. The SMILES string of the molecule is C=C(C)[C@@H]1CC[C@@H](C)C[C@H]1O.C[C@@H]1CC[C@@H](C(C)(O)CO)[C@H](O)C1. The van der Waals surface area contributed by atoms with Gasteiger partial charge < -0.3 is 20.4 Å². The third-order valence-corrected chi connectivity index (χ3v) is 5.91. The molecule has 2 fully saturated rings. The van der Waals surface area contributed by atoms with Crippen LogP contribution in [0.15, 0.2) is 12.2 Å². The molecule has 142 valence electrons. The predicted molar refractivity (Wildman–Crippen MR) is 97.5 cm³/mol. The van der Waals surface area contributed by atoms with E-state index in [1.807, 2.05) is 6.92 Å². The molecule has 0 heterocycles. The topological polar surface area (TPSA) is 80.9 Å². The number of aliphatic hydroxyl groups excluding tert-OH is 3. The molecule has 4 nitrogen and oxygen atoms in total. The number of rotatable bonds is 3. The molecule has 24 heavy (non-hydrogen) atoms. The van der Waals surface area contributed by atoms with Crippen molar-refractivity contribution < 1.29 is 20.4 Å². The Balaban J connectivity index is 0.000000243. The summed E-state index contributed by atoms with van der Waals surface area (Å²) >= 11 is 0. The van der Waals surface area contributed by atoms with Crippen LogP contribution in [-0.4, -0.2) is 44.8 Å². The fraction of sp³-hybridized carbons (Fsp3) is 0.900. The van der Waals surface area contributed by atoms with E-state index in [1.54, 1.807) is 6.92 Å². The maximum Gasteiger partial charge on any atom is 0.0902 e. The minimum atomic E-state index is -1.13. The molecule has 2 aliphatic carbocycles. The summed E-state index contributed by atoms with van der Waals surface area (Å²) in [5.41, 5.74) is 0.0175. The Hall–Kier alpha value is -0.420. The standard InChI is InChI=1S/C10H20O3.C10H18O/c1-7-3-4-8(9(12)5-7)10(2,13)6-11;1-7(2)9-5-4-8(3)6-10(9)11/h7-9,11-13H,3-6H2,1-2H3;8-11H,1,4-6H2,2-3H3/t7-,8-,9-,10?;8-,9+,10-/m11/s1. The Morgan fingerprint density at radius 1 is 1.00 bits per heavy atom. The van der Waals surface area contributed by atoms with Crippen LogP contribution in [0.1, 0.15) is 66.2 Å². The van der Waals surface area contributed by atoms with E-state index in [0.717, 1.165) is 37.7 Å². The lowest BCUT2D eigenvalue weighted by Crippen LogP contribution is -2.47. The maximum absolute atomic E-state index is 9.79. The smallest absolute Gasteiger partial charge is 0.0902 e. The Morgan fingerprint density at radius 3 is 1.92 bits per heavy atom. The second-order valence-corrected chi connectivity index (χ2v) is 8.55. The first-order chi connectivity index (χ1) is 11.1. The average Bonchev–Trinajstić information content (AvgIpc) is 2.47. The number of hydrogen-bond donors (Lipinski definition) is 4. The van der Waals surface area contributed by atoms with E-state index < -0.39 is 11.7 Å². The predicted octanol–water partition coefficient (Wildman–Crippen LogP) is 2.89. The van der Waals surface area contributed by atoms with Gasteiger partial charge in [0.05, 0.1) is 24.4 Å². The van der Waals surface area contributed by atoms with Crippen LogP contribution in [0.4, 0.5) is 0 Å². The molecule has 2 aliphatic rings. The van der Waals surface area contributed by atoms with Gasteiger partial charge in [-0.25, -0.2) is 0 Å². The van der Waals surface area contributed by atoms with Crippen molar-refractivity contribution in [2.45, 2.75) is 84.0 Å². The third kappa shape index (κ3) is 6.14. The molecule has 2 saturated carbocycles. The minimum absolute atomic E-state index is 0.128. The van der Waals surface area contributed by atoms with Gasteiger partial charge in [0, 0.05) is 11.8 Å². The van der Waals surface area contributed by atoms with E-state index in [0.29, 0.717) is 17.8 Å². The molecule has 0 bridgehead atoms. The summed E-state index contributed by atoms with van der Waals surface area (Å²) in [7, 11) is 0. The van der Waals surface area contributed by atoms with Crippen LogP contribution in [0.2, 0.25) is 0 Å². The van der Waals surface area contributed by atoms with Gasteiger partial charge in [0.15, 0.2) is 0 Å². The van der Waals surface area contributed by atoms with Crippen molar-refractivity contribution in [3.05, 3.63) is 12.2 Å². The molecule has 0 radical (unpaired) electrons. The van der Waals surface area contributed by atoms with Gasteiger partial charge in [0.1, 0.15) is 0 Å². The summed E-state index contributed by atoms with van der Waals surface area (Å²) in [5.74, 6) is 1.42. The summed E-state index contributed by atoms with van der Waals surface area (Å²) in [6.45, 7) is 11.5. The van der Waals surface area contributed by atoms with Crippen LogP contribution < -0.4 is 0 Å². The Morgan fingerprint density at radius 2 is 1.50 bits per heavy atom. The Labute approximate surface area is 147 Å². The highest BCUT2D eigenvalue weighted by Crippen LogP contribution is 2.35. The van der Waals surface area contributed by atoms with Crippen molar-refractivity contribution in [1.82, 2.24) is 0 Å². The first kappa shape index (κ1) is 21.6. The third-order valence-electron chi connectivity index (χ3n) is 5.91. The summed E-state index contributed by atoms with van der Waals surface area (Å²) in [5, 5.41) is 38.1. The lowest BCUT2D eigenvalue weighted by molar-refractivity contribution is -0.108. The van der Waals surface area contributed by atoms with E-state index >= 15 is 0 Å². The fourth-order valence-corrected chi connectivity index (χ4v) is 4.12. The Kier molecular flexibility index (Phi) is 8.40. The zero-order valence-electron chi connectivity index (χ0n) is 15.9. The summed E-state index contributed by atoms with van der Waals surface area (Å²) in [6, 6.07) is 0. The zero-order chi connectivity index (χ0) is 18.5. The van der Waals surface area contributed by atoms with Crippen LogP contribution >= 0.6 is 0 Å². The van der Waals surface area contributed by atoms with E-state index in [4.69, 9.17) is 5.11 Å². The average molecular weight is 343 g/mol. The van der Waals surface area contributed by atoms with Crippen molar-refractivity contribution in [2.75, 3.05) is 6.61 Å². The van der Waals surface area contributed by atoms with E-state index in [9.17, 15) is 15.3 Å². The molecule has 4 heteroatoms. The molecule has 0 amide bonds. The van der Waals surface area contributed by atoms with Gasteiger partial charge in [-0.1, -0.05) is 32.4 Å². The first-order valence-corrected chi connectivity index (χ1v) is 9.43. The van der Waals surface area contributed by atoms with E-state index in [1.165, 1.54) is 6.42 Å². The van der Waals surface area contributed by atoms with Crippen LogP contribution in [0, 0.1) is 23.7 Å². The molecule has 1 unspecified atom stereocenters. The quantitative estimate of drug-likeness (QED) is 0.595. The van der Waals surface area contributed by atoms with Gasteiger partial charge in [-0.05, 0) is 57.8 Å². The van der Waals surface area contributed by atoms with E-state index in [-0.39, 0.29) is 18.6 Å². The van der Waals surface area contributed by atoms with Crippen LogP contribution in [-0.2, 0) is 0 Å². The van der Waals surface area contributed by atoms with Gasteiger partial charge >= 0.3 is 0 Å². The molecule has 0 aromatic carbocycles. The normalized spacial score (nSPS) is 39.3. The molecule has 0 aromatic heterocycles. The molecule has 0 aliphatic heterocycles. The monoisotopic (exact) mass is 342 g/mol. The fourth-order valence-electron chi connectivity index (χ4n) is 4.12. The van der Waals surface area contributed by atoms with Crippen molar-refractivity contribution in [3.8, 4) is 0 Å². The second-order valence-electron chi connectivity index (χ2n) is 8.55. The van der Waals surface area contributed by atoms with Crippen molar-refractivity contribution in [2.24, 2.45) is 23.7 Å². The largest absolute Gasteiger partial charge is 0.393 e. The maximum atomic E-state index is 9.79. The molecular weight excluding hydrogens is 304 g/mol. The van der Waals surface area contributed by atoms with Gasteiger partial charge in [-0.3, -0.25) is 0 Å². The van der Waals surface area contributed by atoms with Crippen molar-refractivity contribution in [3.63, 3.8) is 0 Å². The van der Waals surface area contributed by atoms with E-state index in [2.05, 4.69) is 20.4 Å². The highest BCUT2D eigenvalue weighted by atomic mass is 16.3. The van der Waals surface area contributed by atoms with Gasteiger partial charge in [0.2, 0.25) is 0 Å². The van der Waals surface area contributed by atoms with Crippen molar-refractivity contribution >= 4 is 0 Å². The lowest BCUT2D eigenvalue weighted by Gasteiger charge is -2.39. The summed E-state index contributed by atoms with van der Waals surface area (Å²) in [6.07, 6.45) is 5.29. The second kappa shape index (κ2) is 9.33. The molecule has 0 spiro atoms. The van der Waals surface area contributed by atoms with Crippen molar-refractivity contribution in [1.29, 1.82) is 0 Å². The van der Waals surface area contributed by atoms with Crippen LogP contribution in [0.5, 0.6) is 0 Å². The lowest BCUT2D eigenvalue weighted by atomic mass is 9.73. The van der Waals surface area contributed by atoms with Crippen LogP contribution in [0.25, 0.3) is 0 Å². The summed E-state index contributed by atoms with van der Waals surface area (Å²) in [4.78, 5) is 0. The highest BCUT2D eigenvalue weighted by molar-refractivity contribution is 5.01. The molecular formula is C20H38O4. The molecule has 2 rings (SSSR count). The highest BCUT2D eigenvalue weighted by Gasteiger charge is 2.39. The molecule has 7 atom stereocenters. The zero-order valence-corrected chi connectivity index (χ0v) is 15.9. The van der Waals surface area contributed by atoms with Gasteiger partial charge in [-0.2, -0.15) is 0 Å². The van der Waals surface area contributed by atoms with Gasteiger partial charge in [-0.15, -0.1) is 0 Å². The Bertz CT molecular complexity index is 393. The summed E-state index contributed by atoms with van der Waals surface area (Å²) < 4.78 is 0. The van der Waals surface area contributed by atoms with Gasteiger partial charge in [0.25, 0.3) is 0 Å². The molecule has 0 aromatic rings. The number of hydrogen-bond acceptors (Lipinski definition) is 4. The molecule has 4 N–H and O–H groups in total. The van der Waals surface area contributed by atoms with Crippen LogP contribution in [0.3, 0.4) is 0 Å². The molecule has 0 saturated heterocycles. The minimum Gasteiger partial charge on any atom is -0.393 e.